The van der Waals surface area contributed by atoms with Crippen LogP contribution in [0, 0.1) is 5.92 Å². The lowest BCUT2D eigenvalue weighted by Gasteiger charge is -2.31. The molecule has 20 heavy (non-hydrogen) atoms. The second-order valence-electron chi connectivity index (χ2n) is 5.76. The second-order valence-corrected chi connectivity index (χ2v) is 6.40. The zero-order valence-electron chi connectivity index (χ0n) is 12.4. The molecular formula is C17H24BrNO. The maximum Gasteiger partial charge on any atom is 0.230 e. The van der Waals surface area contributed by atoms with Gasteiger partial charge in [-0.15, -0.1) is 0 Å². The van der Waals surface area contributed by atoms with Crippen LogP contribution >= 0.6 is 15.9 Å². The van der Waals surface area contributed by atoms with Crippen LogP contribution in [0.25, 0.3) is 0 Å². The highest BCUT2D eigenvalue weighted by molar-refractivity contribution is 9.09. The van der Waals surface area contributed by atoms with Crippen LogP contribution < -0.4 is 0 Å². The average molecular weight is 338 g/mol. The van der Waals surface area contributed by atoms with Gasteiger partial charge < -0.3 is 4.90 Å². The van der Waals surface area contributed by atoms with Crippen LogP contribution in [-0.2, 0) is 4.79 Å². The number of rotatable bonds is 5. The third-order valence-corrected chi connectivity index (χ3v) is 5.22. The van der Waals surface area contributed by atoms with Crippen LogP contribution in [0.5, 0.6) is 0 Å². The van der Waals surface area contributed by atoms with Crippen molar-refractivity contribution in [2.75, 3.05) is 11.9 Å². The maximum absolute atomic E-state index is 13.0. The predicted molar refractivity (Wildman–Crippen MR) is 87.2 cm³/mol. The average Bonchev–Trinajstić information content (AvgIpc) is 2.96. The number of likely N-dealkylation sites (tertiary alicyclic amines) is 1. The summed E-state index contributed by atoms with van der Waals surface area (Å²) in [5.74, 6) is 0.690. The molecule has 0 radical (unpaired) electrons. The molecule has 3 unspecified atom stereocenters. The molecule has 0 N–H and O–H groups in total. The number of benzene rings is 1. The van der Waals surface area contributed by atoms with Crippen LogP contribution in [-0.4, -0.2) is 28.7 Å². The number of carbonyl (C=O) groups is 1. The highest BCUT2D eigenvalue weighted by Gasteiger charge is 2.35. The van der Waals surface area contributed by atoms with Gasteiger partial charge in [0.15, 0.2) is 0 Å². The molecule has 1 aromatic carbocycles. The highest BCUT2D eigenvalue weighted by atomic mass is 79.9. The summed E-state index contributed by atoms with van der Waals surface area (Å²) in [4.78, 5) is 15.1. The van der Waals surface area contributed by atoms with Crippen molar-refractivity contribution in [3.8, 4) is 0 Å². The quantitative estimate of drug-likeness (QED) is 0.737. The molecule has 2 nitrogen and oxygen atoms in total. The smallest absolute Gasteiger partial charge is 0.230 e. The number of alkyl halides is 1. The fraction of sp³-hybridized carbons (Fsp3) is 0.588. The Kier molecular flexibility index (Phi) is 5.64. The summed E-state index contributed by atoms with van der Waals surface area (Å²) in [6.07, 6.45) is 3.28. The van der Waals surface area contributed by atoms with Gasteiger partial charge >= 0.3 is 0 Å². The molecular weight excluding hydrogens is 314 g/mol. The monoisotopic (exact) mass is 337 g/mol. The molecule has 1 saturated heterocycles. The Balaban J connectivity index is 2.25. The Morgan fingerprint density at radius 1 is 1.40 bits per heavy atom. The van der Waals surface area contributed by atoms with Gasteiger partial charge in [0.25, 0.3) is 0 Å². The van der Waals surface area contributed by atoms with E-state index in [2.05, 4.69) is 46.8 Å². The highest BCUT2D eigenvalue weighted by Crippen LogP contribution is 2.32. The van der Waals surface area contributed by atoms with E-state index in [0.717, 1.165) is 36.7 Å². The van der Waals surface area contributed by atoms with Gasteiger partial charge in [-0.3, -0.25) is 4.79 Å². The summed E-state index contributed by atoms with van der Waals surface area (Å²) in [7, 11) is 0. The minimum Gasteiger partial charge on any atom is -0.338 e. The number of hydrogen-bond acceptors (Lipinski definition) is 1. The molecule has 3 atom stereocenters. The normalized spacial score (nSPS) is 21.8. The molecule has 1 fully saturated rings. The summed E-state index contributed by atoms with van der Waals surface area (Å²) in [5.41, 5.74) is 1.16. The fourth-order valence-electron chi connectivity index (χ4n) is 3.08. The van der Waals surface area contributed by atoms with E-state index in [4.69, 9.17) is 0 Å². The van der Waals surface area contributed by atoms with Crippen LogP contribution in [0.4, 0.5) is 0 Å². The first-order valence-electron chi connectivity index (χ1n) is 7.60. The van der Waals surface area contributed by atoms with Crippen molar-refractivity contribution in [3.05, 3.63) is 35.9 Å². The molecule has 1 aliphatic rings. The SMILES string of the molecule is CCC(C)C(C(=O)N1CCCC1CBr)c1ccccc1. The maximum atomic E-state index is 13.0. The lowest BCUT2D eigenvalue weighted by molar-refractivity contribution is -0.134. The van der Waals surface area contributed by atoms with Crippen LogP contribution in [0.2, 0.25) is 0 Å². The number of halogens is 1. The van der Waals surface area contributed by atoms with E-state index >= 15 is 0 Å². The fourth-order valence-corrected chi connectivity index (χ4v) is 3.75. The van der Waals surface area contributed by atoms with E-state index in [-0.39, 0.29) is 5.92 Å². The summed E-state index contributed by atoms with van der Waals surface area (Å²) in [6.45, 7) is 5.27. The van der Waals surface area contributed by atoms with Crippen molar-refractivity contribution >= 4 is 21.8 Å². The van der Waals surface area contributed by atoms with Crippen LogP contribution in [0.3, 0.4) is 0 Å². The van der Waals surface area contributed by atoms with Crippen molar-refractivity contribution in [1.82, 2.24) is 4.90 Å². The summed E-state index contributed by atoms with van der Waals surface area (Å²) in [5, 5.41) is 0.890. The van der Waals surface area contributed by atoms with Gasteiger partial charge in [-0.2, -0.15) is 0 Å². The van der Waals surface area contributed by atoms with Gasteiger partial charge in [0, 0.05) is 17.9 Å². The van der Waals surface area contributed by atoms with E-state index in [1.165, 1.54) is 0 Å². The Morgan fingerprint density at radius 3 is 2.70 bits per heavy atom. The summed E-state index contributed by atoms with van der Waals surface area (Å²) >= 11 is 3.55. The summed E-state index contributed by atoms with van der Waals surface area (Å²) in [6, 6.07) is 10.6. The lowest BCUT2D eigenvalue weighted by atomic mass is 9.84. The second kappa shape index (κ2) is 7.26. The lowest BCUT2D eigenvalue weighted by Crippen LogP contribution is -2.41. The molecule has 110 valence electrons. The van der Waals surface area contributed by atoms with Crippen molar-refractivity contribution in [2.24, 2.45) is 5.92 Å². The van der Waals surface area contributed by atoms with Crippen molar-refractivity contribution < 1.29 is 4.79 Å². The van der Waals surface area contributed by atoms with Crippen molar-refractivity contribution in [2.45, 2.75) is 45.1 Å². The van der Waals surface area contributed by atoms with Gasteiger partial charge in [0.2, 0.25) is 5.91 Å². The topological polar surface area (TPSA) is 20.3 Å². The molecule has 0 bridgehead atoms. The van der Waals surface area contributed by atoms with Crippen LogP contribution in [0.1, 0.15) is 44.6 Å². The van der Waals surface area contributed by atoms with Crippen molar-refractivity contribution in [1.29, 1.82) is 0 Å². The largest absolute Gasteiger partial charge is 0.338 e. The minimum atomic E-state index is 0.000787. The first kappa shape index (κ1) is 15.6. The first-order chi connectivity index (χ1) is 9.69. The molecule has 3 heteroatoms. The van der Waals surface area contributed by atoms with E-state index in [0.29, 0.717) is 17.9 Å². The van der Waals surface area contributed by atoms with Gasteiger partial charge in [0.1, 0.15) is 0 Å². The Bertz CT molecular complexity index is 434. The Labute approximate surface area is 130 Å². The van der Waals surface area contributed by atoms with Gasteiger partial charge in [-0.05, 0) is 24.3 Å². The zero-order chi connectivity index (χ0) is 14.5. The van der Waals surface area contributed by atoms with Gasteiger partial charge in [0.05, 0.1) is 5.92 Å². The Hall–Kier alpha value is -0.830. The predicted octanol–water partition coefficient (Wildman–Crippen LogP) is 4.20. The van der Waals surface area contributed by atoms with E-state index in [9.17, 15) is 4.79 Å². The summed E-state index contributed by atoms with van der Waals surface area (Å²) < 4.78 is 0. The third kappa shape index (κ3) is 3.25. The third-order valence-electron chi connectivity index (χ3n) is 4.48. The zero-order valence-corrected chi connectivity index (χ0v) is 14.0. The molecule has 0 spiro atoms. The molecule has 2 rings (SSSR count). The standard InChI is InChI=1S/C17H24BrNO/c1-3-13(2)16(14-8-5-4-6-9-14)17(20)19-11-7-10-15(19)12-18/h4-6,8-9,13,15-16H,3,7,10-12H2,1-2H3. The molecule has 1 aliphatic heterocycles. The molecule has 1 aromatic rings. The van der Waals surface area contributed by atoms with E-state index in [1.54, 1.807) is 0 Å². The molecule has 1 heterocycles. The van der Waals surface area contributed by atoms with Gasteiger partial charge in [-0.1, -0.05) is 66.5 Å². The molecule has 0 aromatic heterocycles. The molecule has 0 aliphatic carbocycles. The molecule has 1 amide bonds. The number of amides is 1. The van der Waals surface area contributed by atoms with E-state index < -0.39 is 0 Å². The number of carbonyl (C=O) groups excluding carboxylic acids is 1. The number of nitrogens with zero attached hydrogens (tertiary/aromatic N) is 1. The molecule has 0 saturated carbocycles. The Morgan fingerprint density at radius 2 is 2.10 bits per heavy atom. The minimum absolute atomic E-state index is 0.000787. The van der Waals surface area contributed by atoms with E-state index in [1.807, 2.05) is 18.2 Å². The number of hydrogen-bond donors (Lipinski definition) is 0. The first-order valence-corrected chi connectivity index (χ1v) is 8.72. The van der Waals surface area contributed by atoms with Gasteiger partial charge in [-0.25, -0.2) is 0 Å². The van der Waals surface area contributed by atoms with Crippen LogP contribution in [0.15, 0.2) is 30.3 Å². The van der Waals surface area contributed by atoms with Crippen molar-refractivity contribution in [3.63, 3.8) is 0 Å².